The number of carboxylic acid groups (broad SMARTS) is 2. The van der Waals surface area contributed by atoms with Gasteiger partial charge in [-0.2, -0.15) is 26.3 Å². The minimum atomic E-state index is -5.28. The van der Waals surface area contributed by atoms with E-state index in [1.54, 1.807) is 0 Å². The molecule has 0 aromatic heterocycles. The normalized spacial score (nSPS) is 12.6. The number of carbonyl (C=O) groups is 5. The van der Waals surface area contributed by atoms with E-state index in [0.29, 0.717) is 17.8 Å². The van der Waals surface area contributed by atoms with E-state index in [0.717, 1.165) is 67.8 Å². The zero-order valence-corrected chi connectivity index (χ0v) is 30.1. The number of carboxylic acids is 2. The van der Waals surface area contributed by atoms with Gasteiger partial charge in [-0.25, -0.2) is 19.2 Å². The predicted octanol–water partition coefficient (Wildman–Crippen LogP) is 7.04. The Kier molecular flexibility index (Phi) is 11.5. The zero-order chi connectivity index (χ0) is 42.0. The number of carbonyl (C=O) groups excluding carboxylic acids is 3. The molecular weight excluding hydrogens is 787 g/mol. The first-order valence-corrected chi connectivity index (χ1v) is 17.8. The molecule has 0 radical (unpaired) electrons. The highest BCUT2D eigenvalue weighted by atomic mass is 31.2. The Morgan fingerprint density at radius 3 is 1.56 bits per heavy atom. The number of ketones is 1. The summed E-state index contributed by atoms with van der Waals surface area (Å²) in [5.41, 5.74) is -6.06. The lowest BCUT2D eigenvalue weighted by Crippen LogP contribution is -2.28. The number of rotatable bonds is 11. The van der Waals surface area contributed by atoms with E-state index in [1.165, 1.54) is 31.3 Å². The molecule has 0 aliphatic rings. The number of nitrogens with one attached hydrogen (secondary N) is 1. The molecule has 1 unspecified atom stereocenters. The van der Waals surface area contributed by atoms with Gasteiger partial charge in [0.2, 0.25) is 0 Å². The molecule has 18 heteroatoms. The van der Waals surface area contributed by atoms with Crippen LogP contribution in [0.5, 0.6) is 5.75 Å². The molecule has 0 fully saturated rings. The first kappa shape index (κ1) is 41.4. The summed E-state index contributed by atoms with van der Waals surface area (Å²) in [6, 6.07) is 16.0. The van der Waals surface area contributed by atoms with Crippen molar-refractivity contribution in [3.63, 3.8) is 0 Å². The van der Waals surface area contributed by atoms with Crippen molar-refractivity contribution in [3.05, 3.63) is 148 Å². The van der Waals surface area contributed by atoms with Crippen molar-refractivity contribution in [1.82, 2.24) is 0 Å². The van der Waals surface area contributed by atoms with Crippen LogP contribution in [0, 0.1) is 0 Å². The fourth-order valence-corrected chi connectivity index (χ4v) is 8.45. The predicted molar refractivity (Wildman–Crippen MR) is 192 cm³/mol. The van der Waals surface area contributed by atoms with E-state index >= 15 is 4.57 Å². The third-order valence-corrected chi connectivity index (χ3v) is 11.5. The molecule has 5 aromatic rings. The second-order valence-electron chi connectivity index (χ2n) is 12.0. The molecule has 0 aliphatic heterocycles. The summed E-state index contributed by atoms with van der Waals surface area (Å²) in [5.74, 6) is -6.99. The van der Waals surface area contributed by atoms with Crippen molar-refractivity contribution >= 4 is 58.4 Å². The summed E-state index contributed by atoms with van der Waals surface area (Å²) < 4.78 is 109. The third kappa shape index (κ3) is 8.58. The van der Waals surface area contributed by atoms with E-state index in [9.17, 15) is 60.5 Å². The van der Waals surface area contributed by atoms with Crippen molar-refractivity contribution in [2.45, 2.75) is 12.4 Å². The Labute approximate surface area is 317 Å². The van der Waals surface area contributed by atoms with Crippen LogP contribution in [0.4, 0.5) is 32.0 Å². The summed E-state index contributed by atoms with van der Waals surface area (Å²) in [7, 11) is -2.24. The molecule has 0 spiro atoms. The smallest absolute Gasteiger partial charge is 0.416 e. The Bertz CT molecular complexity index is 2480. The Hall–Kier alpha value is -6.74. The highest BCUT2D eigenvalue weighted by Gasteiger charge is 2.41. The largest absolute Gasteiger partial charge is 0.478 e. The number of hydrogen-bond donors (Lipinski definition) is 3. The maximum absolute atomic E-state index is 15.2. The Morgan fingerprint density at radius 2 is 1.09 bits per heavy atom. The van der Waals surface area contributed by atoms with Gasteiger partial charge in [-0.15, -0.1) is 0 Å². The minimum absolute atomic E-state index is 0.113. The number of ether oxygens (including phenoxy) is 2. The van der Waals surface area contributed by atoms with Crippen molar-refractivity contribution in [2.24, 2.45) is 0 Å². The lowest BCUT2D eigenvalue weighted by atomic mass is 9.95. The van der Waals surface area contributed by atoms with Gasteiger partial charge in [-0.1, -0.05) is 36.4 Å². The van der Waals surface area contributed by atoms with E-state index < -0.39 is 93.6 Å². The third-order valence-electron chi connectivity index (χ3n) is 8.48. The molecule has 0 saturated carbocycles. The van der Waals surface area contributed by atoms with Gasteiger partial charge in [0.25, 0.3) is 0 Å². The van der Waals surface area contributed by atoms with Crippen LogP contribution in [-0.4, -0.2) is 54.0 Å². The van der Waals surface area contributed by atoms with Crippen molar-refractivity contribution in [3.8, 4) is 5.75 Å². The molecule has 0 heterocycles. The molecule has 3 N–H and O–H groups in total. The number of benzene rings is 5. The summed E-state index contributed by atoms with van der Waals surface area (Å²) in [6.45, 7) is 0. The molecule has 294 valence electrons. The minimum Gasteiger partial charge on any atom is -0.478 e. The van der Waals surface area contributed by atoms with E-state index in [4.69, 9.17) is 4.74 Å². The molecule has 5 rings (SSSR count). The van der Waals surface area contributed by atoms with Gasteiger partial charge in [-0.3, -0.25) is 4.79 Å². The summed E-state index contributed by atoms with van der Waals surface area (Å²) in [6.07, 6.45) is -10.6. The van der Waals surface area contributed by atoms with Crippen molar-refractivity contribution < 1.29 is 74.6 Å². The Morgan fingerprint density at radius 1 is 0.596 bits per heavy atom. The van der Waals surface area contributed by atoms with Gasteiger partial charge in [0.1, 0.15) is 5.75 Å². The fraction of sp³-hybridized carbons (Fsp3) is 0.103. The van der Waals surface area contributed by atoms with Gasteiger partial charge in [0, 0.05) is 39.8 Å². The van der Waals surface area contributed by atoms with Crippen molar-refractivity contribution in [1.29, 1.82) is 0 Å². The van der Waals surface area contributed by atoms with Crippen LogP contribution in [0.25, 0.3) is 0 Å². The highest BCUT2D eigenvalue weighted by molar-refractivity contribution is 7.85. The number of methoxy groups -OCH3 is 1. The van der Waals surface area contributed by atoms with Crippen LogP contribution in [0.15, 0.2) is 103 Å². The van der Waals surface area contributed by atoms with Gasteiger partial charge < -0.3 is 29.6 Å². The topological polar surface area (TPSA) is 173 Å². The molecule has 57 heavy (non-hydrogen) atoms. The van der Waals surface area contributed by atoms with E-state index in [2.05, 4.69) is 10.1 Å². The van der Waals surface area contributed by atoms with Crippen LogP contribution in [-0.2, 0) is 21.7 Å². The maximum atomic E-state index is 15.2. The maximum Gasteiger partial charge on any atom is 0.416 e. The average molecular weight is 814 g/mol. The molecular formula is C39H26F6NO10P. The number of halogens is 6. The molecule has 0 amide bonds. The first-order chi connectivity index (χ1) is 26.7. The van der Waals surface area contributed by atoms with Crippen LogP contribution >= 0.6 is 7.14 Å². The second-order valence-corrected chi connectivity index (χ2v) is 14.8. The van der Waals surface area contributed by atoms with Crippen LogP contribution in [0.1, 0.15) is 68.5 Å². The monoisotopic (exact) mass is 813 g/mol. The summed E-state index contributed by atoms with van der Waals surface area (Å²) >= 11 is 0. The molecule has 5 aromatic carbocycles. The lowest BCUT2D eigenvalue weighted by Gasteiger charge is -2.23. The van der Waals surface area contributed by atoms with Gasteiger partial charge in [0.15, 0.2) is 12.9 Å². The first-order valence-electron chi connectivity index (χ1n) is 16.1. The molecule has 0 aliphatic carbocycles. The molecule has 11 nitrogen and oxygen atoms in total. The summed E-state index contributed by atoms with van der Waals surface area (Å²) in [4.78, 5) is 63.0. The van der Waals surface area contributed by atoms with Crippen LogP contribution in [0.2, 0.25) is 0 Å². The van der Waals surface area contributed by atoms with Gasteiger partial charge >= 0.3 is 36.2 Å². The molecule has 0 bridgehead atoms. The Balaban J connectivity index is 1.61. The quantitative estimate of drug-likeness (QED) is 0.0411. The number of alkyl halides is 6. The molecule has 1 atom stereocenters. The number of anilines is 1. The molecule has 0 saturated heterocycles. The van der Waals surface area contributed by atoms with Crippen LogP contribution in [0.3, 0.4) is 0 Å². The number of hydrogen-bond acceptors (Lipinski definition) is 9. The zero-order valence-electron chi connectivity index (χ0n) is 29.2. The van der Waals surface area contributed by atoms with Gasteiger partial charge in [0.05, 0.1) is 40.5 Å². The average Bonchev–Trinajstić information content (AvgIpc) is 3.18. The lowest BCUT2D eigenvalue weighted by molar-refractivity contribution is -0.143. The SMILES string of the molecule is CNc1cccc(P(=O)(c2cccc(OC(=O)c3cc(C(=O)c4ccc(C(=O)O)c(C(=O)OC)c4)ccc3C(=O)O)c2)c2cc(C(F)(F)F)cc(C(F)(F)F)c2)c1. The van der Waals surface area contributed by atoms with Crippen molar-refractivity contribution in [2.75, 3.05) is 19.5 Å². The fourth-order valence-electron chi connectivity index (χ4n) is 5.69. The standard InChI is InChI=1S/C39H26F6NO10P/c1-46-24-5-3-7-26(18-24)57(54,28-16-22(38(40,41)42)15-23(17-28)39(43,44)45)27-8-4-6-25(19-27)56-37(53)32-14-21(10-12-30(32)35(50)51)33(47)20-9-11-29(34(48)49)31(13-20)36(52)55-2/h3-19,46H,1-2H3,(H,48,49)(H,50,51). The van der Waals surface area contributed by atoms with Crippen LogP contribution < -0.4 is 26.0 Å². The number of aromatic carboxylic acids is 2. The van der Waals surface area contributed by atoms with E-state index in [-0.39, 0.29) is 27.8 Å². The van der Waals surface area contributed by atoms with Gasteiger partial charge in [-0.05, 0) is 66.7 Å². The number of esters is 2. The van der Waals surface area contributed by atoms with E-state index in [1.807, 2.05) is 0 Å². The second kappa shape index (κ2) is 15.8. The highest BCUT2D eigenvalue weighted by Crippen LogP contribution is 2.46. The summed E-state index contributed by atoms with van der Waals surface area (Å²) in [5, 5.41) is 20.6.